The van der Waals surface area contributed by atoms with Gasteiger partial charge in [0.15, 0.2) is 0 Å². The zero-order valence-corrected chi connectivity index (χ0v) is 14.5. The third-order valence-corrected chi connectivity index (χ3v) is 4.45. The summed E-state index contributed by atoms with van der Waals surface area (Å²) in [5.74, 6) is 0.757. The highest BCUT2D eigenvalue weighted by atomic mass is 79.9. The van der Waals surface area contributed by atoms with Gasteiger partial charge < -0.3 is 10.6 Å². The number of benzene rings is 1. The van der Waals surface area contributed by atoms with E-state index in [9.17, 15) is 0 Å². The minimum atomic E-state index is 0.216. The van der Waals surface area contributed by atoms with Gasteiger partial charge in [0.25, 0.3) is 0 Å². The summed E-state index contributed by atoms with van der Waals surface area (Å²) in [5.41, 5.74) is 8.55. The van der Waals surface area contributed by atoms with Crippen LogP contribution in [0, 0.1) is 5.92 Å². The molecule has 1 unspecified atom stereocenters. The Morgan fingerprint density at radius 3 is 2.50 bits per heavy atom. The van der Waals surface area contributed by atoms with Crippen LogP contribution in [0.3, 0.4) is 0 Å². The van der Waals surface area contributed by atoms with Crippen molar-refractivity contribution in [2.45, 2.75) is 58.5 Å². The fraction of sp³-hybridized carbons (Fsp3) is 0.647. The van der Waals surface area contributed by atoms with Gasteiger partial charge in [-0.1, -0.05) is 19.9 Å². The Kier molecular flexibility index (Phi) is 5.50. The monoisotopic (exact) mass is 338 g/mol. The van der Waals surface area contributed by atoms with E-state index in [1.165, 1.54) is 35.0 Å². The zero-order valence-electron chi connectivity index (χ0n) is 12.9. The lowest BCUT2D eigenvalue weighted by Gasteiger charge is -2.27. The summed E-state index contributed by atoms with van der Waals surface area (Å²) in [5, 5.41) is 0. The van der Waals surface area contributed by atoms with E-state index in [4.69, 9.17) is 5.73 Å². The fourth-order valence-electron chi connectivity index (χ4n) is 2.57. The standard InChI is InChI=1S/C17H27BrN2/c1-12(2)8-9-20(15-5-6-15)17-7-4-14(10-13(3)19)11-16(17)18/h4,7,11-13,15H,5-6,8-10,19H2,1-3H3. The van der Waals surface area contributed by atoms with E-state index in [1.54, 1.807) is 0 Å². The van der Waals surface area contributed by atoms with Crippen LogP contribution in [0.25, 0.3) is 0 Å². The molecule has 0 amide bonds. The summed E-state index contributed by atoms with van der Waals surface area (Å²) in [6, 6.07) is 7.70. The molecule has 1 aliphatic carbocycles. The average Bonchev–Trinajstić information content (AvgIpc) is 3.15. The van der Waals surface area contributed by atoms with E-state index in [0.29, 0.717) is 0 Å². The van der Waals surface area contributed by atoms with E-state index < -0.39 is 0 Å². The van der Waals surface area contributed by atoms with Gasteiger partial charge in [0.05, 0.1) is 5.69 Å². The molecule has 0 heterocycles. The molecule has 0 spiro atoms. The number of hydrogen-bond donors (Lipinski definition) is 1. The topological polar surface area (TPSA) is 29.3 Å². The molecule has 1 saturated carbocycles. The van der Waals surface area contributed by atoms with Gasteiger partial charge in [-0.05, 0) is 72.2 Å². The summed E-state index contributed by atoms with van der Waals surface area (Å²) in [6.07, 6.45) is 4.87. The van der Waals surface area contributed by atoms with Gasteiger partial charge >= 0.3 is 0 Å². The van der Waals surface area contributed by atoms with Crippen LogP contribution in [-0.4, -0.2) is 18.6 Å². The molecule has 1 fully saturated rings. The van der Waals surface area contributed by atoms with Gasteiger partial charge in [-0.25, -0.2) is 0 Å². The first-order chi connectivity index (χ1) is 9.47. The third kappa shape index (κ3) is 4.49. The van der Waals surface area contributed by atoms with Crippen LogP contribution in [-0.2, 0) is 6.42 Å². The van der Waals surface area contributed by atoms with Gasteiger partial charge in [0.1, 0.15) is 0 Å². The normalized spacial score (nSPS) is 16.5. The van der Waals surface area contributed by atoms with E-state index in [0.717, 1.165) is 24.9 Å². The van der Waals surface area contributed by atoms with Crippen LogP contribution in [0.2, 0.25) is 0 Å². The summed E-state index contributed by atoms with van der Waals surface area (Å²) in [7, 11) is 0. The summed E-state index contributed by atoms with van der Waals surface area (Å²) in [4.78, 5) is 2.58. The molecule has 1 aromatic rings. The van der Waals surface area contributed by atoms with Crippen LogP contribution in [0.5, 0.6) is 0 Å². The van der Waals surface area contributed by atoms with Crippen LogP contribution in [0.15, 0.2) is 22.7 Å². The maximum Gasteiger partial charge on any atom is 0.0513 e. The van der Waals surface area contributed by atoms with Crippen molar-refractivity contribution in [2.24, 2.45) is 11.7 Å². The summed E-state index contributed by atoms with van der Waals surface area (Å²) < 4.78 is 1.21. The second-order valence-electron chi connectivity index (χ2n) is 6.57. The van der Waals surface area contributed by atoms with Crippen LogP contribution in [0.1, 0.15) is 45.6 Å². The molecule has 2 rings (SSSR count). The molecule has 0 aliphatic heterocycles. The number of anilines is 1. The molecule has 2 nitrogen and oxygen atoms in total. The lowest BCUT2D eigenvalue weighted by Crippen LogP contribution is -2.28. The lowest BCUT2D eigenvalue weighted by atomic mass is 10.1. The molecule has 1 atom stereocenters. The number of halogens is 1. The number of nitrogens with two attached hydrogens (primary N) is 1. The van der Waals surface area contributed by atoms with Gasteiger partial charge in [-0.2, -0.15) is 0 Å². The largest absolute Gasteiger partial charge is 0.368 e. The van der Waals surface area contributed by atoms with Crippen molar-refractivity contribution in [3.8, 4) is 0 Å². The minimum absolute atomic E-state index is 0.216. The molecule has 112 valence electrons. The van der Waals surface area contributed by atoms with Crippen molar-refractivity contribution >= 4 is 21.6 Å². The molecule has 0 radical (unpaired) electrons. The molecule has 1 aliphatic rings. The number of nitrogens with zero attached hydrogens (tertiary/aromatic N) is 1. The molecule has 0 bridgehead atoms. The molecule has 1 aromatic carbocycles. The first-order valence-corrected chi connectivity index (χ1v) is 8.57. The van der Waals surface area contributed by atoms with Crippen LogP contribution >= 0.6 is 15.9 Å². The maximum atomic E-state index is 5.89. The maximum absolute atomic E-state index is 5.89. The highest BCUT2D eigenvalue weighted by molar-refractivity contribution is 9.10. The van der Waals surface area contributed by atoms with Gasteiger partial charge in [-0.15, -0.1) is 0 Å². The minimum Gasteiger partial charge on any atom is -0.368 e. The van der Waals surface area contributed by atoms with E-state index in [-0.39, 0.29) is 6.04 Å². The summed E-state index contributed by atoms with van der Waals surface area (Å²) >= 11 is 3.76. The fourth-order valence-corrected chi connectivity index (χ4v) is 3.22. The molecule has 20 heavy (non-hydrogen) atoms. The zero-order chi connectivity index (χ0) is 14.7. The Labute approximate surface area is 131 Å². The number of rotatable bonds is 7. The van der Waals surface area contributed by atoms with Crippen molar-refractivity contribution in [2.75, 3.05) is 11.4 Å². The first kappa shape index (κ1) is 15.8. The van der Waals surface area contributed by atoms with E-state index in [2.05, 4.69) is 59.8 Å². The number of hydrogen-bond acceptors (Lipinski definition) is 2. The Morgan fingerprint density at radius 1 is 1.30 bits per heavy atom. The molecular weight excluding hydrogens is 312 g/mol. The molecular formula is C17H27BrN2. The average molecular weight is 339 g/mol. The highest BCUT2D eigenvalue weighted by Gasteiger charge is 2.30. The highest BCUT2D eigenvalue weighted by Crippen LogP contribution is 2.36. The Bertz CT molecular complexity index is 439. The Morgan fingerprint density at radius 2 is 2.00 bits per heavy atom. The van der Waals surface area contributed by atoms with Gasteiger partial charge in [-0.3, -0.25) is 0 Å². The molecule has 0 saturated heterocycles. The smallest absolute Gasteiger partial charge is 0.0513 e. The predicted octanol–water partition coefficient (Wildman–Crippen LogP) is 4.35. The molecule has 0 aromatic heterocycles. The van der Waals surface area contributed by atoms with Crippen molar-refractivity contribution in [1.29, 1.82) is 0 Å². The first-order valence-electron chi connectivity index (χ1n) is 7.78. The van der Waals surface area contributed by atoms with Crippen LogP contribution < -0.4 is 10.6 Å². The van der Waals surface area contributed by atoms with Crippen molar-refractivity contribution in [1.82, 2.24) is 0 Å². The molecule has 3 heteroatoms. The van der Waals surface area contributed by atoms with Crippen molar-refractivity contribution in [3.63, 3.8) is 0 Å². The third-order valence-electron chi connectivity index (χ3n) is 3.81. The van der Waals surface area contributed by atoms with Crippen LogP contribution in [0.4, 0.5) is 5.69 Å². The summed E-state index contributed by atoms with van der Waals surface area (Å²) in [6.45, 7) is 7.81. The second kappa shape index (κ2) is 6.95. The van der Waals surface area contributed by atoms with E-state index in [1.807, 2.05) is 0 Å². The molecule has 2 N–H and O–H groups in total. The van der Waals surface area contributed by atoms with Gasteiger partial charge in [0, 0.05) is 23.1 Å². The quantitative estimate of drug-likeness (QED) is 0.800. The Balaban J connectivity index is 2.12. The van der Waals surface area contributed by atoms with E-state index >= 15 is 0 Å². The lowest BCUT2D eigenvalue weighted by molar-refractivity contribution is 0.570. The van der Waals surface area contributed by atoms with Gasteiger partial charge in [0.2, 0.25) is 0 Å². The Hall–Kier alpha value is -0.540. The second-order valence-corrected chi connectivity index (χ2v) is 7.43. The predicted molar refractivity (Wildman–Crippen MR) is 91.3 cm³/mol. The SMILES string of the molecule is CC(C)CCN(c1ccc(CC(C)N)cc1Br)C1CC1. The van der Waals surface area contributed by atoms with Crippen molar-refractivity contribution < 1.29 is 0 Å². The van der Waals surface area contributed by atoms with Crippen molar-refractivity contribution in [3.05, 3.63) is 28.2 Å².